The second kappa shape index (κ2) is 5.86. The average Bonchev–Trinajstić information content (AvgIpc) is 2.37. The van der Waals surface area contributed by atoms with Crippen LogP contribution in [0.3, 0.4) is 0 Å². The fourth-order valence-corrected chi connectivity index (χ4v) is 1.99. The van der Waals surface area contributed by atoms with Gasteiger partial charge in [-0.2, -0.15) is 0 Å². The van der Waals surface area contributed by atoms with E-state index in [1.54, 1.807) is 18.2 Å². The number of carboxylic acid groups (broad SMARTS) is 1. The predicted octanol–water partition coefficient (Wildman–Crippen LogP) is 3.57. The van der Waals surface area contributed by atoms with Crippen LogP contribution in [-0.2, 0) is 6.61 Å². The van der Waals surface area contributed by atoms with Crippen LogP contribution in [0.5, 0.6) is 5.75 Å². The number of hydrogen-bond donors (Lipinski definition) is 1. The number of halogens is 1. The third-order valence-corrected chi connectivity index (χ3v) is 3.08. The summed E-state index contributed by atoms with van der Waals surface area (Å²) in [6, 6.07) is 14.7. The summed E-state index contributed by atoms with van der Waals surface area (Å²) >= 11 is 2.13. The molecule has 0 radical (unpaired) electrons. The molecule has 2 aromatic rings. The number of hydrogen-bond acceptors (Lipinski definition) is 2. The zero-order valence-electron chi connectivity index (χ0n) is 9.47. The maximum atomic E-state index is 11.1. The van der Waals surface area contributed by atoms with Crippen LogP contribution in [0.2, 0.25) is 0 Å². The molecule has 18 heavy (non-hydrogen) atoms. The van der Waals surface area contributed by atoms with Gasteiger partial charge in [0.1, 0.15) is 17.9 Å². The van der Waals surface area contributed by atoms with Crippen LogP contribution in [0.15, 0.2) is 48.5 Å². The molecule has 0 aliphatic rings. The van der Waals surface area contributed by atoms with Crippen molar-refractivity contribution >= 4 is 28.6 Å². The van der Waals surface area contributed by atoms with Gasteiger partial charge in [0.15, 0.2) is 0 Å². The van der Waals surface area contributed by atoms with Gasteiger partial charge >= 0.3 is 5.97 Å². The van der Waals surface area contributed by atoms with E-state index in [9.17, 15) is 4.79 Å². The molecule has 0 bridgehead atoms. The minimum atomic E-state index is -0.977. The van der Waals surface area contributed by atoms with Crippen LogP contribution < -0.4 is 4.74 Å². The number of benzene rings is 2. The van der Waals surface area contributed by atoms with Gasteiger partial charge in [-0.25, -0.2) is 4.79 Å². The van der Waals surface area contributed by atoms with E-state index in [1.165, 1.54) is 0 Å². The van der Waals surface area contributed by atoms with E-state index >= 15 is 0 Å². The molecule has 92 valence electrons. The van der Waals surface area contributed by atoms with Gasteiger partial charge in [0.25, 0.3) is 0 Å². The number of ether oxygens (including phenoxy) is 1. The standard InChI is InChI=1S/C14H11IO3/c15-11-6-7-12(14(16)17)13(8-11)18-9-10-4-2-1-3-5-10/h1-8H,9H2,(H,16,17). The molecular weight excluding hydrogens is 343 g/mol. The van der Waals surface area contributed by atoms with E-state index in [2.05, 4.69) is 22.6 Å². The molecular formula is C14H11IO3. The Balaban J connectivity index is 2.18. The van der Waals surface area contributed by atoms with E-state index in [1.807, 2.05) is 30.3 Å². The summed E-state index contributed by atoms with van der Waals surface area (Å²) in [4.78, 5) is 11.1. The van der Waals surface area contributed by atoms with Crippen molar-refractivity contribution < 1.29 is 14.6 Å². The fourth-order valence-electron chi connectivity index (χ4n) is 1.53. The molecule has 0 saturated carbocycles. The Bertz CT molecular complexity index is 552. The van der Waals surface area contributed by atoms with Crippen LogP contribution >= 0.6 is 22.6 Å². The summed E-state index contributed by atoms with van der Waals surface area (Å²) in [5, 5.41) is 9.07. The van der Waals surface area contributed by atoms with Gasteiger partial charge in [0.05, 0.1) is 0 Å². The highest BCUT2D eigenvalue weighted by Crippen LogP contribution is 2.22. The Morgan fingerprint density at radius 2 is 1.89 bits per heavy atom. The first-order chi connectivity index (χ1) is 8.66. The molecule has 1 N–H and O–H groups in total. The van der Waals surface area contributed by atoms with Crippen molar-refractivity contribution in [3.8, 4) is 5.75 Å². The van der Waals surface area contributed by atoms with Gasteiger partial charge in [0.2, 0.25) is 0 Å². The summed E-state index contributed by atoms with van der Waals surface area (Å²) in [5.41, 5.74) is 1.19. The highest BCUT2D eigenvalue weighted by atomic mass is 127. The molecule has 2 aromatic carbocycles. The highest BCUT2D eigenvalue weighted by Gasteiger charge is 2.11. The van der Waals surface area contributed by atoms with Crippen molar-refractivity contribution in [1.29, 1.82) is 0 Å². The molecule has 0 amide bonds. The number of rotatable bonds is 4. The van der Waals surface area contributed by atoms with Crippen molar-refractivity contribution in [3.63, 3.8) is 0 Å². The van der Waals surface area contributed by atoms with Crippen LogP contribution in [0.25, 0.3) is 0 Å². The zero-order valence-corrected chi connectivity index (χ0v) is 11.6. The van der Waals surface area contributed by atoms with Crippen molar-refractivity contribution in [2.75, 3.05) is 0 Å². The molecule has 0 atom stereocenters. The normalized spacial score (nSPS) is 10.1. The Morgan fingerprint density at radius 3 is 2.56 bits per heavy atom. The minimum absolute atomic E-state index is 0.186. The van der Waals surface area contributed by atoms with Gasteiger partial charge < -0.3 is 9.84 Å². The Labute approximate surface area is 119 Å². The second-order valence-corrected chi connectivity index (χ2v) is 4.97. The molecule has 0 heterocycles. The zero-order chi connectivity index (χ0) is 13.0. The summed E-state index contributed by atoms with van der Waals surface area (Å²) in [7, 11) is 0. The maximum Gasteiger partial charge on any atom is 0.339 e. The van der Waals surface area contributed by atoms with E-state index in [4.69, 9.17) is 9.84 Å². The van der Waals surface area contributed by atoms with Gasteiger partial charge in [0, 0.05) is 3.57 Å². The van der Waals surface area contributed by atoms with Gasteiger partial charge in [-0.1, -0.05) is 30.3 Å². The second-order valence-electron chi connectivity index (χ2n) is 3.72. The number of aromatic carboxylic acids is 1. The average molecular weight is 354 g/mol. The van der Waals surface area contributed by atoms with E-state index in [0.717, 1.165) is 9.13 Å². The Hall–Kier alpha value is -1.56. The van der Waals surface area contributed by atoms with E-state index in [0.29, 0.717) is 12.4 Å². The Kier molecular flexibility index (Phi) is 4.19. The van der Waals surface area contributed by atoms with Gasteiger partial charge in [-0.05, 0) is 46.4 Å². The molecule has 0 unspecified atom stereocenters. The fraction of sp³-hybridized carbons (Fsp3) is 0.0714. The first-order valence-corrected chi connectivity index (χ1v) is 6.44. The summed E-state index contributed by atoms with van der Waals surface area (Å²) in [5.74, 6) is -0.576. The third kappa shape index (κ3) is 3.22. The predicted molar refractivity (Wildman–Crippen MR) is 76.9 cm³/mol. The number of carbonyl (C=O) groups is 1. The molecule has 0 saturated heterocycles. The largest absolute Gasteiger partial charge is 0.488 e. The number of carboxylic acids is 1. The molecule has 0 aromatic heterocycles. The lowest BCUT2D eigenvalue weighted by atomic mass is 10.2. The summed E-state index contributed by atoms with van der Waals surface area (Å²) in [6.45, 7) is 0.362. The molecule has 4 heteroatoms. The van der Waals surface area contributed by atoms with E-state index in [-0.39, 0.29) is 5.56 Å². The molecule has 0 aliphatic carbocycles. The first kappa shape index (κ1) is 12.9. The smallest absolute Gasteiger partial charge is 0.339 e. The lowest BCUT2D eigenvalue weighted by Crippen LogP contribution is -2.03. The van der Waals surface area contributed by atoms with E-state index < -0.39 is 5.97 Å². The monoisotopic (exact) mass is 354 g/mol. The quantitative estimate of drug-likeness (QED) is 0.854. The molecule has 0 spiro atoms. The van der Waals surface area contributed by atoms with Crippen LogP contribution in [0.1, 0.15) is 15.9 Å². The maximum absolute atomic E-state index is 11.1. The molecule has 2 rings (SSSR count). The molecule has 0 aliphatic heterocycles. The van der Waals surface area contributed by atoms with Gasteiger partial charge in [-0.3, -0.25) is 0 Å². The topological polar surface area (TPSA) is 46.5 Å². The van der Waals surface area contributed by atoms with Crippen molar-refractivity contribution in [2.24, 2.45) is 0 Å². The summed E-state index contributed by atoms with van der Waals surface area (Å²) in [6.07, 6.45) is 0. The van der Waals surface area contributed by atoms with Crippen LogP contribution in [0.4, 0.5) is 0 Å². The lowest BCUT2D eigenvalue weighted by molar-refractivity contribution is 0.0691. The van der Waals surface area contributed by atoms with Crippen LogP contribution in [0, 0.1) is 3.57 Å². The Morgan fingerprint density at radius 1 is 1.17 bits per heavy atom. The highest BCUT2D eigenvalue weighted by molar-refractivity contribution is 14.1. The third-order valence-electron chi connectivity index (χ3n) is 2.41. The van der Waals surface area contributed by atoms with Gasteiger partial charge in [-0.15, -0.1) is 0 Å². The SMILES string of the molecule is O=C(O)c1ccc(I)cc1OCc1ccccc1. The lowest BCUT2D eigenvalue weighted by Gasteiger charge is -2.09. The summed E-state index contributed by atoms with van der Waals surface area (Å²) < 4.78 is 6.52. The molecule has 3 nitrogen and oxygen atoms in total. The van der Waals surface area contributed by atoms with Crippen LogP contribution in [-0.4, -0.2) is 11.1 Å². The van der Waals surface area contributed by atoms with Crippen molar-refractivity contribution in [1.82, 2.24) is 0 Å². The van der Waals surface area contributed by atoms with Crippen molar-refractivity contribution in [2.45, 2.75) is 6.61 Å². The first-order valence-electron chi connectivity index (χ1n) is 5.36. The van der Waals surface area contributed by atoms with Crippen molar-refractivity contribution in [3.05, 3.63) is 63.2 Å². The minimum Gasteiger partial charge on any atom is -0.488 e. The molecule has 0 fully saturated rings.